The van der Waals surface area contributed by atoms with Crippen LogP contribution in [0, 0.1) is 17.2 Å². The van der Waals surface area contributed by atoms with Crippen molar-refractivity contribution >= 4 is 15.9 Å². The number of hydrogen-bond acceptors (Lipinski definition) is 1. The molecule has 0 heterocycles. The summed E-state index contributed by atoms with van der Waals surface area (Å²) >= 11 is 3.19. The van der Waals surface area contributed by atoms with E-state index in [9.17, 15) is 9.50 Å². The number of halogens is 2. The summed E-state index contributed by atoms with van der Waals surface area (Å²) in [5, 5.41) is 9.50. The molecule has 1 aromatic rings. The molecule has 1 unspecified atom stereocenters. The molecule has 1 atom stereocenters. The molecule has 1 nitrogen and oxygen atoms in total. The molecule has 1 saturated carbocycles. The Bertz CT molecular complexity index is 390. The van der Waals surface area contributed by atoms with E-state index in [1.165, 1.54) is 18.9 Å². The smallest absolute Gasteiger partial charge is 0.137 e. The zero-order valence-corrected chi connectivity index (χ0v) is 10.9. The summed E-state index contributed by atoms with van der Waals surface area (Å²) in [4.78, 5) is 0. The van der Waals surface area contributed by atoms with Crippen molar-refractivity contribution in [3.8, 4) is 0 Å². The van der Waals surface area contributed by atoms with Gasteiger partial charge in [-0.15, -0.1) is 0 Å². The predicted molar refractivity (Wildman–Crippen MR) is 65.7 cm³/mol. The molecule has 2 rings (SSSR count). The summed E-state index contributed by atoms with van der Waals surface area (Å²) in [6, 6.07) is 5.09. The zero-order chi connectivity index (χ0) is 11.8. The molecule has 0 amide bonds. The third-order valence-electron chi connectivity index (χ3n) is 3.52. The average molecular weight is 287 g/mol. The maximum Gasteiger partial charge on any atom is 0.137 e. The molecule has 0 spiro atoms. The Hall–Kier alpha value is -0.410. The number of rotatable bonds is 4. The second-order valence-electron chi connectivity index (χ2n) is 5.01. The van der Waals surface area contributed by atoms with Gasteiger partial charge in [-0.05, 0) is 64.2 Å². The predicted octanol–water partition coefficient (Wildman–Crippen LogP) is 3.54. The summed E-state index contributed by atoms with van der Waals surface area (Å²) in [7, 11) is 0. The van der Waals surface area contributed by atoms with Crippen LogP contribution in [0.4, 0.5) is 4.39 Å². The fourth-order valence-corrected chi connectivity index (χ4v) is 2.65. The molecule has 88 valence electrons. The highest BCUT2D eigenvalue weighted by molar-refractivity contribution is 9.10. The van der Waals surface area contributed by atoms with Gasteiger partial charge in [0.15, 0.2) is 0 Å². The molecule has 0 aliphatic heterocycles. The normalized spacial score (nSPS) is 19.5. The van der Waals surface area contributed by atoms with Crippen LogP contribution in [-0.2, 0) is 6.42 Å². The molecular formula is C13H16BrFO. The second-order valence-corrected chi connectivity index (χ2v) is 5.87. The Morgan fingerprint density at radius 3 is 2.69 bits per heavy atom. The van der Waals surface area contributed by atoms with Crippen molar-refractivity contribution in [1.29, 1.82) is 0 Å². The Morgan fingerprint density at radius 2 is 2.19 bits per heavy atom. The maximum absolute atomic E-state index is 13.1. The van der Waals surface area contributed by atoms with Crippen LogP contribution >= 0.6 is 15.9 Å². The zero-order valence-electron chi connectivity index (χ0n) is 9.34. The fraction of sp³-hybridized carbons (Fsp3) is 0.538. The third-order valence-corrected chi connectivity index (χ3v) is 4.12. The van der Waals surface area contributed by atoms with Crippen LogP contribution < -0.4 is 0 Å². The monoisotopic (exact) mass is 286 g/mol. The Kier molecular flexibility index (Phi) is 3.36. The fourth-order valence-electron chi connectivity index (χ4n) is 2.23. The Morgan fingerprint density at radius 1 is 1.50 bits per heavy atom. The highest BCUT2D eigenvalue weighted by Crippen LogP contribution is 2.47. The van der Waals surface area contributed by atoms with Crippen molar-refractivity contribution in [2.45, 2.75) is 26.2 Å². The lowest BCUT2D eigenvalue weighted by molar-refractivity contribution is 0.119. The van der Waals surface area contributed by atoms with Gasteiger partial charge in [-0.25, -0.2) is 4.39 Å². The van der Waals surface area contributed by atoms with E-state index in [2.05, 4.69) is 22.9 Å². The highest BCUT2D eigenvalue weighted by Gasteiger charge is 2.40. The van der Waals surface area contributed by atoms with E-state index in [0.29, 0.717) is 10.4 Å². The first kappa shape index (κ1) is 12.1. The summed E-state index contributed by atoms with van der Waals surface area (Å²) < 4.78 is 13.6. The van der Waals surface area contributed by atoms with E-state index in [-0.39, 0.29) is 17.8 Å². The van der Waals surface area contributed by atoms with E-state index in [4.69, 9.17) is 0 Å². The molecule has 3 heteroatoms. The van der Waals surface area contributed by atoms with E-state index >= 15 is 0 Å². The lowest BCUT2D eigenvalue weighted by Crippen LogP contribution is -2.26. The van der Waals surface area contributed by atoms with Gasteiger partial charge in [0.05, 0.1) is 4.47 Å². The van der Waals surface area contributed by atoms with E-state index < -0.39 is 0 Å². The van der Waals surface area contributed by atoms with E-state index in [1.807, 2.05) is 6.07 Å². The molecule has 1 aromatic carbocycles. The van der Waals surface area contributed by atoms with Crippen molar-refractivity contribution in [3.63, 3.8) is 0 Å². The summed E-state index contributed by atoms with van der Waals surface area (Å²) in [6.45, 7) is 2.31. The van der Waals surface area contributed by atoms with Gasteiger partial charge in [0.1, 0.15) is 5.82 Å². The van der Waals surface area contributed by atoms with Crippen molar-refractivity contribution < 1.29 is 9.50 Å². The van der Waals surface area contributed by atoms with Crippen LogP contribution in [0.25, 0.3) is 0 Å². The van der Waals surface area contributed by atoms with Gasteiger partial charge in [0.2, 0.25) is 0 Å². The van der Waals surface area contributed by atoms with Gasteiger partial charge in [-0.2, -0.15) is 0 Å². The van der Waals surface area contributed by atoms with Gasteiger partial charge in [-0.1, -0.05) is 13.0 Å². The number of aliphatic hydroxyl groups is 1. The minimum atomic E-state index is -0.235. The van der Waals surface area contributed by atoms with Crippen LogP contribution in [0.5, 0.6) is 0 Å². The van der Waals surface area contributed by atoms with Crippen molar-refractivity contribution in [3.05, 3.63) is 34.1 Å². The Balaban J connectivity index is 2.15. The first-order chi connectivity index (χ1) is 7.55. The lowest BCUT2D eigenvalue weighted by atomic mass is 9.80. The maximum atomic E-state index is 13.1. The van der Waals surface area contributed by atoms with Crippen molar-refractivity contribution in [2.24, 2.45) is 11.3 Å². The van der Waals surface area contributed by atoms with Crippen molar-refractivity contribution in [1.82, 2.24) is 0 Å². The molecule has 1 aliphatic carbocycles. The van der Waals surface area contributed by atoms with Gasteiger partial charge in [0.25, 0.3) is 0 Å². The lowest BCUT2D eigenvalue weighted by Gasteiger charge is -2.27. The second kappa shape index (κ2) is 4.46. The van der Waals surface area contributed by atoms with Gasteiger partial charge in [-0.3, -0.25) is 0 Å². The topological polar surface area (TPSA) is 20.2 Å². The molecule has 1 N–H and O–H groups in total. The minimum Gasteiger partial charge on any atom is -0.396 e. The molecule has 1 fully saturated rings. The quantitative estimate of drug-likeness (QED) is 0.898. The molecule has 16 heavy (non-hydrogen) atoms. The van der Waals surface area contributed by atoms with E-state index in [1.54, 1.807) is 6.07 Å². The first-order valence-electron chi connectivity index (χ1n) is 5.60. The molecule has 0 bridgehead atoms. The van der Waals surface area contributed by atoms with Crippen LogP contribution in [-0.4, -0.2) is 11.7 Å². The largest absolute Gasteiger partial charge is 0.396 e. The summed E-state index contributed by atoms with van der Waals surface area (Å²) in [6.07, 6.45) is 3.23. The summed E-state index contributed by atoms with van der Waals surface area (Å²) in [5.74, 6) is 0.391. The minimum absolute atomic E-state index is 0.0444. The van der Waals surface area contributed by atoms with Crippen LogP contribution in [0.2, 0.25) is 0 Å². The van der Waals surface area contributed by atoms with E-state index in [0.717, 1.165) is 12.0 Å². The Labute approximate surface area is 104 Å². The number of aliphatic hydroxyl groups excluding tert-OH is 1. The molecule has 0 saturated heterocycles. The first-order valence-corrected chi connectivity index (χ1v) is 6.39. The molecular weight excluding hydrogens is 271 g/mol. The summed E-state index contributed by atoms with van der Waals surface area (Å²) in [5.41, 5.74) is 1.04. The SMILES string of the molecule is CC(CO)(Cc1ccc(F)c(Br)c1)C1CC1. The van der Waals surface area contributed by atoms with Crippen LogP contribution in [0.1, 0.15) is 25.3 Å². The van der Waals surface area contributed by atoms with Gasteiger partial charge in [0, 0.05) is 6.61 Å². The van der Waals surface area contributed by atoms with Crippen molar-refractivity contribution in [2.75, 3.05) is 6.61 Å². The van der Waals surface area contributed by atoms with Crippen LogP contribution in [0.15, 0.2) is 22.7 Å². The average Bonchev–Trinajstić information content (AvgIpc) is 3.07. The number of hydrogen-bond donors (Lipinski definition) is 1. The highest BCUT2D eigenvalue weighted by atomic mass is 79.9. The molecule has 1 aliphatic rings. The van der Waals surface area contributed by atoms with Gasteiger partial charge < -0.3 is 5.11 Å². The van der Waals surface area contributed by atoms with Gasteiger partial charge >= 0.3 is 0 Å². The number of benzene rings is 1. The van der Waals surface area contributed by atoms with Crippen LogP contribution in [0.3, 0.4) is 0 Å². The molecule has 0 aromatic heterocycles. The standard InChI is InChI=1S/C13H16BrFO/c1-13(8-16,10-3-4-10)7-9-2-5-12(15)11(14)6-9/h2,5-6,10,16H,3-4,7-8H2,1H3. The molecule has 0 radical (unpaired) electrons. The third kappa shape index (κ3) is 2.46.